The van der Waals surface area contributed by atoms with Crippen molar-refractivity contribution in [2.24, 2.45) is 11.8 Å². The highest BCUT2D eigenvalue weighted by molar-refractivity contribution is 5.71. The normalized spacial score (nSPS) is 12.4. The SMILES string of the molecule is CCCCCCCCCCCCCCCCCCCC(=O)OC[C@H](COC(=O)CCCCCCCCCCCCC(C)CC)OC(=O)CCCCCCCCCCCCCCCCCC(C)C. The van der Waals surface area contributed by atoms with Crippen molar-refractivity contribution in [3.63, 3.8) is 0 Å². The predicted octanol–water partition coefficient (Wildman–Crippen LogP) is 20.0. The standard InChI is InChI=1S/C61H118O6/c1-6-8-9-10-11-12-13-14-15-16-19-22-25-31-36-41-46-51-59(62)65-54-58(55-66-60(63)52-47-42-37-32-28-27-30-35-40-45-50-57(5)7-2)67-61(64)53-48-43-38-33-26-23-20-17-18-21-24-29-34-39-44-49-56(3)4/h56-58H,6-55H2,1-5H3/t57?,58-/m1/s1. The van der Waals surface area contributed by atoms with Gasteiger partial charge in [-0.05, 0) is 31.1 Å². The molecule has 0 heterocycles. The van der Waals surface area contributed by atoms with Gasteiger partial charge in [0.15, 0.2) is 6.10 Å². The molecule has 0 spiro atoms. The van der Waals surface area contributed by atoms with Crippen molar-refractivity contribution in [1.29, 1.82) is 0 Å². The van der Waals surface area contributed by atoms with Gasteiger partial charge >= 0.3 is 17.9 Å². The Labute approximate surface area is 418 Å². The second kappa shape index (κ2) is 53.8. The molecule has 398 valence electrons. The molecule has 0 bridgehead atoms. The molecule has 0 rings (SSSR count). The zero-order valence-corrected chi connectivity index (χ0v) is 46.0. The van der Waals surface area contributed by atoms with Crippen LogP contribution in [0.5, 0.6) is 0 Å². The maximum absolute atomic E-state index is 12.9. The van der Waals surface area contributed by atoms with E-state index in [1.54, 1.807) is 0 Å². The van der Waals surface area contributed by atoms with Crippen molar-refractivity contribution < 1.29 is 28.6 Å². The third-order valence-corrected chi connectivity index (χ3v) is 14.3. The minimum absolute atomic E-state index is 0.0624. The van der Waals surface area contributed by atoms with Crippen LogP contribution in [0.2, 0.25) is 0 Å². The number of carbonyl (C=O) groups is 3. The average Bonchev–Trinajstić information content (AvgIpc) is 3.31. The molecule has 0 aliphatic carbocycles. The molecule has 0 aromatic carbocycles. The topological polar surface area (TPSA) is 78.9 Å². The largest absolute Gasteiger partial charge is 0.462 e. The fourth-order valence-electron chi connectivity index (χ4n) is 9.37. The van der Waals surface area contributed by atoms with Crippen LogP contribution in [-0.4, -0.2) is 37.2 Å². The van der Waals surface area contributed by atoms with Crippen LogP contribution in [-0.2, 0) is 28.6 Å². The lowest BCUT2D eigenvalue weighted by molar-refractivity contribution is -0.167. The van der Waals surface area contributed by atoms with E-state index in [9.17, 15) is 14.4 Å². The van der Waals surface area contributed by atoms with Crippen LogP contribution in [0.15, 0.2) is 0 Å². The molecule has 0 saturated heterocycles. The van der Waals surface area contributed by atoms with E-state index in [0.29, 0.717) is 19.3 Å². The fraction of sp³-hybridized carbons (Fsp3) is 0.951. The van der Waals surface area contributed by atoms with Gasteiger partial charge < -0.3 is 14.2 Å². The van der Waals surface area contributed by atoms with Gasteiger partial charge in [-0.3, -0.25) is 14.4 Å². The predicted molar refractivity (Wildman–Crippen MR) is 289 cm³/mol. The Hall–Kier alpha value is -1.59. The molecular formula is C61H118O6. The minimum Gasteiger partial charge on any atom is -0.462 e. The first kappa shape index (κ1) is 65.4. The van der Waals surface area contributed by atoms with Crippen LogP contribution < -0.4 is 0 Å². The second-order valence-electron chi connectivity index (χ2n) is 21.7. The van der Waals surface area contributed by atoms with Gasteiger partial charge in [0.2, 0.25) is 0 Å². The first-order valence-corrected chi connectivity index (χ1v) is 30.3. The number of unbranched alkanes of at least 4 members (excludes halogenated alkanes) is 39. The van der Waals surface area contributed by atoms with Crippen LogP contribution in [0.3, 0.4) is 0 Å². The summed E-state index contributed by atoms with van der Waals surface area (Å²) >= 11 is 0. The smallest absolute Gasteiger partial charge is 0.306 e. The first-order valence-electron chi connectivity index (χ1n) is 30.3. The van der Waals surface area contributed by atoms with Crippen molar-refractivity contribution >= 4 is 17.9 Å². The van der Waals surface area contributed by atoms with Gasteiger partial charge in [0.1, 0.15) is 13.2 Å². The number of esters is 3. The summed E-state index contributed by atoms with van der Waals surface area (Å²) in [5.74, 6) is 0.881. The molecule has 6 heteroatoms. The van der Waals surface area contributed by atoms with Gasteiger partial charge in [-0.1, -0.05) is 304 Å². The van der Waals surface area contributed by atoms with E-state index in [2.05, 4.69) is 34.6 Å². The molecule has 0 aromatic rings. The molecule has 0 aromatic heterocycles. The first-order chi connectivity index (χ1) is 32.8. The molecule has 2 atom stereocenters. The van der Waals surface area contributed by atoms with E-state index in [4.69, 9.17) is 14.2 Å². The summed E-state index contributed by atoms with van der Waals surface area (Å²) in [5, 5.41) is 0. The Bertz CT molecular complexity index is 1030. The second-order valence-corrected chi connectivity index (χ2v) is 21.7. The highest BCUT2D eigenvalue weighted by Gasteiger charge is 2.19. The minimum atomic E-state index is -0.763. The summed E-state index contributed by atoms with van der Waals surface area (Å²) in [4.78, 5) is 38.2. The van der Waals surface area contributed by atoms with Gasteiger partial charge in [0.25, 0.3) is 0 Å². The molecule has 0 radical (unpaired) electrons. The molecule has 0 aliphatic rings. The molecule has 1 unspecified atom stereocenters. The molecule has 0 N–H and O–H groups in total. The van der Waals surface area contributed by atoms with Crippen LogP contribution in [0.25, 0.3) is 0 Å². The van der Waals surface area contributed by atoms with E-state index in [0.717, 1.165) is 69.6 Å². The number of carbonyl (C=O) groups excluding carboxylic acids is 3. The summed E-state index contributed by atoms with van der Waals surface area (Å²) in [6.07, 6.45) is 58.0. The number of rotatable bonds is 55. The number of ether oxygens (including phenoxy) is 3. The molecule has 0 aliphatic heterocycles. The number of hydrogen-bond acceptors (Lipinski definition) is 6. The molecule has 0 fully saturated rings. The fourth-order valence-corrected chi connectivity index (χ4v) is 9.37. The lowest BCUT2D eigenvalue weighted by Crippen LogP contribution is -2.30. The van der Waals surface area contributed by atoms with Gasteiger partial charge in [0, 0.05) is 19.3 Å². The van der Waals surface area contributed by atoms with E-state index in [-0.39, 0.29) is 31.1 Å². The Morgan fingerprint density at radius 2 is 0.567 bits per heavy atom. The van der Waals surface area contributed by atoms with E-state index in [1.807, 2.05) is 0 Å². The monoisotopic (exact) mass is 947 g/mol. The Morgan fingerprint density at radius 3 is 0.851 bits per heavy atom. The zero-order chi connectivity index (χ0) is 48.9. The van der Waals surface area contributed by atoms with E-state index >= 15 is 0 Å². The van der Waals surface area contributed by atoms with Crippen molar-refractivity contribution in [2.45, 2.75) is 349 Å². The van der Waals surface area contributed by atoms with Crippen LogP contribution in [0, 0.1) is 11.8 Å². The van der Waals surface area contributed by atoms with Crippen LogP contribution in [0.4, 0.5) is 0 Å². The highest BCUT2D eigenvalue weighted by atomic mass is 16.6. The van der Waals surface area contributed by atoms with Gasteiger partial charge in [-0.25, -0.2) is 0 Å². The number of hydrogen-bond donors (Lipinski definition) is 0. The Balaban J connectivity index is 4.30. The lowest BCUT2D eigenvalue weighted by Gasteiger charge is -2.18. The highest BCUT2D eigenvalue weighted by Crippen LogP contribution is 2.19. The summed E-state index contributed by atoms with van der Waals surface area (Å²) in [6, 6.07) is 0. The van der Waals surface area contributed by atoms with Crippen LogP contribution in [0.1, 0.15) is 343 Å². The third-order valence-electron chi connectivity index (χ3n) is 14.3. The third kappa shape index (κ3) is 53.6. The lowest BCUT2D eigenvalue weighted by atomic mass is 9.99. The maximum Gasteiger partial charge on any atom is 0.306 e. The summed E-state index contributed by atoms with van der Waals surface area (Å²) in [6.45, 7) is 11.5. The average molecular weight is 948 g/mol. The van der Waals surface area contributed by atoms with Crippen molar-refractivity contribution in [3.8, 4) is 0 Å². The zero-order valence-electron chi connectivity index (χ0n) is 46.0. The van der Waals surface area contributed by atoms with Crippen molar-refractivity contribution in [2.75, 3.05) is 13.2 Å². The summed E-state index contributed by atoms with van der Waals surface area (Å²) in [5.41, 5.74) is 0. The summed E-state index contributed by atoms with van der Waals surface area (Å²) in [7, 11) is 0. The molecule has 6 nitrogen and oxygen atoms in total. The quantitative estimate of drug-likeness (QED) is 0.0343. The van der Waals surface area contributed by atoms with Gasteiger partial charge in [0.05, 0.1) is 0 Å². The van der Waals surface area contributed by atoms with Crippen molar-refractivity contribution in [1.82, 2.24) is 0 Å². The molecule has 67 heavy (non-hydrogen) atoms. The maximum atomic E-state index is 12.9. The molecule has 0 saturated carbocycles. The molecular weight excluding hydrogens is 829 g/mol. The van der Waals surface area contributed by atoms with Crippen molar-refractivity contribution in [3.05, 3.63) is 0 Å². The van der Waals surface area contributed by atoms with E-state index in [1.165, 1.54) is 231 Å². The van der Waals surface area contributed by atoms with Crippen LogP contribution >= 0.6 is 0 Å². The molecule has 0 amide bonds. The summed E-state index contributed by atoms with van der Waals surface area (Å²) < 4.78 is 16.9. The van der Waals surface area contributed by atoms with E-state index < -0.39 is 6.10 Å². The Morgan fingerprint density at radius 1 is 0.313 bits per heavy atom. The van der Waals surface area contributed by atoms with Gasteiger partial charge in [-0.15, -0.1) is 0 Å². The van der Waals surface area contributed by atoms with Gasteiger partial charge in [-0.2, -0.15) is 0 Å². The Kier molecular flexibility index (Phi) is 52.5.